The molecule has 1 N–H and O–H groups in total. The molecule has 2 heteroatoms. The number of allylic oxidation sites excluding steroid dienone is 1. The molecular formula is C22H31NO. The van der Waals surface area contributed by atoms with Crippen LogP contribution in [0.4, 0.5) is 0 Å². The second kappa shape index (κ2) is 4.83. The van der Waals surface area contributed by atoms with Crippen molar-refractivity contribution in [3.05, 3.63) is 11.6 Å². The van der Waals surface area contributed by atoms with Crippen molar-refractivity contribution in [3.63, 3.8) is 0 Å². The summed E-state index contributed by atoms with van der Waals surface area (Å²) in [5, 5.41) is 8.23. The Bertz CT molecular complexity index is 636. The van der Waals surface area contributed by atoms with E-state index < -0.39 is 0 Å². The standard InChI is InChI=1S/C22H31NO/c1-3-22-9-8-16-15-7-5-14(24)10-13(15)4-6-17(16)20(22)18-11-19(18)21(22,2)12-23/h10,12,15-20,23H,3-9,11H2,1-2H3. The number of rotatable bonds is 2. The largest absolute Gasteiger partial charge is 0.313 e. The summed E-state index contributed by atoms with van der Waals surface area (Å²) in [6, 6.07) is 0. The van der Waals surface area contributed by atoms with Gasteiger partial charge in [0.05, 0.1) is 0 Å². The molecule has 8 atom stereocenters. The molecule has 2 nitrogen and oxygen atoms in total. The zero-order valence-electron chi connectivity index (χ0n) is 15.2. The van der Waals surface area contributed by atoms with Crippen molar-refractivity contribution >= 4 is 12.0 Å². The maximum atomic E-state index is 11.8. The lowest BCUT2D eigenvalue weighted by atomic mass is 9.46. The Morgan fingerprint density at radius 2 is 2.04 bits per heavy atom. The second-order valence-electron chi connectivity index (χ2n) is 9.70. The number of fused-ring (bicyclic) bond motifs is 7. The van der Waals surface area contributed by atoms with Crippen molar-refractivity contribution in [1.29, 1.82) is 5.41 Å². The van der Waals surface area contributed by atoms with Gasteiger partial charge in [0, 0.05) is 18.1 Å². The molecule has 0 spiro atoms. The van der Waals surface area contributed by atoms with Crippen LogP contribution in [0.2, 0.25) is 0 Å². The molecule has 8 unspecified atom stereocenters. The zero-order chi connectivity index (χ0) is 16.7. The molecule has 5 rings (SSSR count). The van der Waals surface area contributed by atoms with Gasteiger partial charge in [-0.3, -0.25) is 4.79 Å². The van der Waals surface area contributed by atoms with Crippen molar-refractivity contribution < 1.29 is 4.79 Å². The molecule has 0 aromatic heterocycles. The second-order valence-corrected chi connectivity index (χ2v) is 9.70. The smallest absolute Gasteiger partial charge is 0.155 e. The van der Waals surface area contributed by atoms with Gasteiger partial charge in [-0.2, -0.15) is 0 Å². The van der Waals surface area contributed by atoms with Crippen molar-refractivity contribution in [2.75, 3.05) is 0 Å². The van der Waals surface area contributed by atoms with Crippen LogP contribution in [0.15, 0.2) is 11.6 Å². The molecule has 0 radical (unpaired) electrons. The van der Waals surface area contributed by atoms with Crippen LogP contribution in [0.1, 0.15) is 65.2 Å². The molecule has 0 saturated heterocycles. The molecule has 0 aliphatic heterocycles. The Kier molecular flexibility index (Phi) is 3.09. The number of hydrogen-bond donors (Lipinski definition) is 1. The van der Waals surface area contributed by atoms with Gasteiger partial charge in [-0.15, -0.1) is 0 Å². The van der Waals surface area contributed by atoms with Crippen LogP contribution in [0, 0.1) is 51.7 Å². The third-order valence-electron chi connectivity index (χ3n) is 9.46. The summed E-state index contributed by atoms with van der Waals surface area (Å²) in [4.78, 5) is 11.8. The fraction of sp³-hybridized carbons (Fsp3) is 0.818. The first-order valence-electron chi connectivity index (χ1n) is 10.3. The predicted molar refractivity (Wildman–Crippen MR) is 96.0 cm³/mol. The Morgan fingerprint density at radius 3 is 2.79 bits per heavy atom. The first-order chi connectivity index (χ1) is 11.6. The Hall–Kier alpha value is -0.920. The summed E-state index contributed by atoms with van der Waals surface area (Å²) in [7, 11) is 0. The minimum atomic E-state index is 0.153. The molecule has 4 fully saturated rings. The van der Waals surface area contributed by atoms with Crippen LogP contribution in [0.3, 0.4) is 0 Å². The minimum absolute atomic E-state index is 0.153. The van der Waals surface area contributed by atoms with E-state index >= 15 is 0 Å². The quantitative estimate of drug-likeness (QED) is 0.711. The summed E-state index contributed by atoms with van der Waals surface area (Å²) in [5.41, 5.74) is 2.05. The number of nitrogens with one attached hydrogen (secondary N) is 1. The molecule has 0 bridgehead atoms. The summed E-state index contributed by atoms with van der Waals surface area (Å²) in [6.07, 6.45) is 13.6. The first-order valence-corrected chi connectivity index (χ1v) is 10.3. The average Bonchev–Trinajstić information content (AvgIpc) is 3.36. The highest BCUT2D eigenvalue weighted by Crippen LogP contribution is 2.79. The van der Waals surface area contributed by atoms with Crippen LogP contribution in [-0.4, -0.2) is 12.0 Å². The van der Waals surface area contributed by atoms with Crippen LogP contribution in [0.25, 0.3) is 0 Å². The van der Waals surface area contributed by atoms with Crippen LogP contribution >= 0.6 is 0 Å². The van der Waals surface area contributed by atoms with Gasteiger partial charge in [-0.25, -0.2) is 0 Å². The number of carbonyl (C=O) groups is 1. The van der Waals surface area contributed by atoms with E-state index in [1.165, 1.54) is 44.1 Å². The topological polar surface area (TPSA) is 40.9 Å². The van der Waals surface area contributed by atoms with E-state index in [-0.39, 0.29) is 5.41 Å². The first kappa shape index (κ1) is 15.3. The highest BCUT2D eigenvalue weighted by molar-refractivity contribution is 5.91. The van der Waals surface area contributed by atoms with Gasteiger partial charge in [0.2, 0.25) is 0 Å². The summed E-state index contributed by atoms with van der Waals surface area (Å²) in [6.45, 7) is 4.81. The van der Waals surface area contributed by atoms with E-state index in [2.05, 4.69) is 13.8 Å². The van der Waals surface area contributed by atoms with Gasteiger partial charge >= 0.3 is 0 Å². The normalized spacial score (nSPS) is 54.9. The van der Waals surface area contributed by atoms with Crippen molar-refractivity contribution in [3.8, 4) is 0 Å². The van der Waals surface area contributed by atoms with E-state index in [1.807, 2.05) is 12.3 Å². The third kappa shape index (κ3) is 1.64. The summed E-state index contributed by atoms with van der Waals surface area (Å²) >= 11 is 0. The lowest BCUT2D eigenvalue weighted by Gasteiger charge is -2.58. The molecule has 130 valence electrons. The highest BCUT2D eigenvalue weighted by atomic mass is 16.1. The van der Waals surface area contributed by atoms with Gasteiger partial charge in [0.1, 0.15) is 0 Å². The number of carbonyl (C=O) groups excluding carboxylic acids is 1. The van der Waals surface area contributed by atoms with Crippen molar-refractivity contribution in [1.82, 2.24) is 0 Å². The summed E-state index contributed by atoms with van der Waals surface area (Å²) in [5.74, 6) is 5.34. The lowest BCUT2D eigenvalue weighted by Crippen LogP contribution is -2.52. The SMILES string of the molecule is CCC12CCC3C4CCC(=O)C=C4CCC3C1C1CC1C2(C)C=N. The molecule has 5 aliphatic rings. The van der Waals surface area contributed by atoms with Crippen molar-refractivity contribution in [2.24, 2.45) is 46.3 Å². The molecule has 0 amide bonds. The molecule has 24 heavy (non-hydrogen) atoms. The third-order valence-corrected chi connectivity index (χ3v) is 9.46. The molecular weight excluding hydrogens is 294 g/mol. The van der Waals surface area contributed by atoms with Gasteiger partial charge in [-0.05, 0) is 91.9 Å². The van der Waals surface area contributed by atoms with Gasteiger partial charge in [0.15, 0.2) is 5.78 Å². The monoisotopic (exact) mass is 325 g/mol. The van der Waals surface area contributed by atoms with E-state index in [0.717, 1.165) is 42.4 Å². The number of ketones is 1. The fourth-order valence-electron chi connectivity index (χ4n) is 8.39. The molecule has 0 aromatic rings. The Morgan fingerprint density at radius 1 is 1.21 bits per heavy atom. The molecule has 0 aromatic carbocycles. The molecule has 0 heterocycles. The van der Waals surface area contributed by atoms with Gasteiger partial charge < -0.3 is 5.41 Å². The predicted octanol–water partition coefficient (Wildman–Crippen LogP) is 5.03. The minimum Gasteiger partial charge on any atom is -0.313 e. The zero-order valence-corrected chi connectivity index (χ0v) is 15.2. The van der Waals surface area contributed by atoms with E-state index in [1.54, 1.807) is 0 Å². The molecule has 5 aliphatic carbocycles. The van der Waals surface area contributed by atoms with Crippen LogP contribution in [-0.2, 0) is 4.79 Å². The van der Waals surface area contributed by atoms with Crippen molar-refractivity contribution in [2.45, 2.75) is 65.2 Å². The Balaban J connectivity index is 1.53. The van der Waals surface area contributed by atoms with E-state index in [4.69, 9.17) is 5.41 Å². The average molecular weight is 325 g/mol. The van der Waals surface area contributed by atoms with Crippen LogP contribution < -0.4 is 0 Å². The van der Waals surface area contributed by atoms with Gasteiger partial charge in [-0.1, -0.05) is 19.4 Å². The fourth-order valence-corrected chi connectivity index (χ4v) is 8.39. The maximum Gasteiger partial charge on any atom is 0.155 e. The lowest BCUT2D eigenvalue weighted by molar-refractivity contribution is -0.116. The van der Waals surface area contributed by atoms with E-state index in [9.17, 15) is 4.79 Å². The maximum absolute atomic E-state index is 11.8. The molecule has 4 saturated carbocycles. The van der Waals surface area contributed by atoms with Gasteiger partial charge in [0.25, 0.3) is 0 Å². The summed E-state index contributed by atoms with van der Waals surface area (Å²) < 4.78 is 0. The highest BCUT2D eigenvalue weighted by Gasteiger charge is 2.74. The Labute approximate surface area is 146 Å². The number of hydrogen-bond acceptors (Lipinski definition) is 2. The van der Waals surface area contributed by atoms with E-state index in [0.29, 0.717) is 17.1 Å². The van der Waals surface area contributed by atoms with Crippen LogP contribution in [0.5, 0.6) is 0 Å².